The van der Waals surface area contributed by atoms with Crippen molar-refractivity contribution < 1.29 is 18.3 Å². The molecular weight excluding hydrogens is 370 g/mol. The number of carbonyl (C=O) groups is 1. The van der Waals surface area contributed by atoms with Crippen LogP contribution in [-0.4, -0.2) is 30.7 Å². The Labute approximate surface area is 158 Å². The molecule has 0 atom stereocenters. The number of fused-ring (bicyclic) bond motifs is 3. The lowest BCUT2D eigenvalue weighted by Crippen LogP contribution is -2.32. The highest BCUT2D eigenvalue weighted by Gasteiger charge is 2.30. The van der Waals surface area contributed by atoms with Crippen molar-refractivity contribution in [3.05, 3.63) is 39.9 Å². The molecule has 0 bridgehead atoms. The lowest BCUT2D eigenvalue weighted by molar-refractivity contribution is -0.155. The molecule has 148 valence electrons. The van der Waals surface area contributed by atoms with Crippen molar-refractivity contribution in [1.29, 1.82) is 0 Å². The molecule has 1 saturated carbocycles. The van der Waals surface area contributed by atoms with Crippen LogP contribution in [0.4, 0.5) is 8.78 Å². The summed E-state index contributed by atoms with van der Waals surface area (Å²) in [5.74, 6) is -0.325. The minimum absolute atomic E-state index is 0.0603. The molecule has 7 nitrogen and oxygen atoms in total. The highest BCUT2D eigenvalue weighted by atomic mass is 19.3. The topological polar surface area (TPSA) is 78.5 Å². The number of carbonyl (C=O) groups excluding carboxylic acids is 1. The molecule has 0 aliphatic heterocycles. The van der Waals surface area contributed by atoms with E-state index >= 15 is 0 Å². The number of nitrogens with zero attached hydrogens (tertiary/aromatic N) is 4. The summed E-state index contributed by atoms with van der Waals surface area (Å²) in [5, 5.41) is 4.41. The van der Waals surface area contributed by atoms with Crippen LogP contribution in [0.15, 0.2) is 23.1 Å². The van der Waals surface area contributed by atoms with Crippen LogP contribution in [0.5, 0.6) is 0 Å². The molecule has 3 heterocycles. The van der Waals surface area contributed by atoms with Crippen molar-refractivity contribution in [3.8, 4) is 0 Å². The number of pyridine rings is 1. The number of hydrogen-bond acceptors (Lipinski definition) is 5. The maximum atomic E-state index is 13.1. The van der Waals surface area contributed by atoms with E-state index in [-0.39, 0.29) is 23.5 Å². The van der Waals surface area contributed by atoms with E-state index < -0.39 is 29.2 Å². The van der Waals surface area contributed by atoms with E-state index in [9.17, 15) is 18.4 Å². The molecule has 0 aromatic carbocycles. The van der Waals surface area contributed by atoms with Crippen LogP contribution in [-0.2, 0) is 16.1 Å². The van der Waals surface area contributed by atoms with E-state index in [1.807, 2.05) is 0 Å². The first kappa shape index (κ1) is 18.5. The fourth-order valence-electron chi connectivity index (χ4n) is 3.27. The van der Waals surface area contributed by atoms with Gasteiger partial charge in [-0.15, -0.1) is 0 Å². The molecule has 3 aromatic heterocycles. The SMILES string of the molecule is CC(C)(C)OC(=O)Cn1c(=O)c2ccc(C(F)F)nc2n2ncc(C3CC3)c12. The summed E-state index contributed by atoms with van der Waals surface area (Å²) < 4.78 is 34.3. The Hall–Kier alpha value is -2.84. The van der Waals surface area contributed by atoms with Crippen molar-refractivity contribution in [1.82, 2.24) is 19.2 Å². The Kier molecular flexibility index (Phi) is 4.20. The lowest BCUT2D eigenvalue weighted by atomic mass is 10.2. The van der Waals surface area contributed by atoms with Crippen LogP contribution >= 0.6 is 0 Å². The average molecular weight is 390 g/mol. The van der Waals surface area contributed by atoms with E-state index in [0.717, 1.165) is 24.5 Å². The molecule has 1 aliphatic rings. The summed E-state index contributed by atoms with van der Waals surface area (Å²) in [6.07, 6.45) is 0.755. The van der Waals surface area contributed by atoms with Gasteiger partial charge in [-0.25, -0.2) is 13.8 Å². The Bertz CT molecular complexity index is 1140. The first-order chi connectivity index (χ1) is 13.2. The second-order valence-electron chi connectivity index (χ2n) is 8.00. The summed E-state index contributed by atoms with van der Waals surface area (Å²) >= 11 is 0. The smallest absolute Gasteiger partial charge is 0.326 e. The van der Waals surface area contributed by atoms with Gasteiger partial charge in [0.25, 0.3) is 12.0 Å². The van der Waals surface area contributed by atoms with Crippen molar-refractivity contribution in [2.24, 2.45) is 0 Å². The number of ether oxygens (including phenoxy) is 1. The number of halogens is 2. The molecule has 3 aromatic rings. The predicted molar refractivity (Wildman–Crippen MR) is 97.5 cm³/mol. The molecule has 1 aliphatic carbocycles. The molecule has 9 heteroatoms. The van der Waals surface area contributed by atoms with Gasteiger partial charge in [0.15, 0.2) is 5.65 Å². The Balaban J connectivity index is 1.95. The van der Waals surface area contributed by atoms with Crippen LogP contribution in [0, 0.1) is 0 Å². The van der Waals surface area contributed by atoms with E-state index in [1.165, 1.54) is 15.1 Å². The molecule has 0 N–H and O–H groups in total. The summed E-state index contributed by atoms with van der Waals surface area (Å²) in [6, 6.07) is 2.42. The number of aromatic nitrogens is 4. The second kappa shape index (κ2) is 6.35. The molecule has 28 heavy (non-hydrogen) atoms. The molecular formula is C19H20F2N4O3. The fourth-order valence-corrected chi connectivity index (χ4v) is 3.27. The highest BCUT2D eigenvalue weighted by molar-refractivity contribution is 5.79. The van der Waals surface area contributed by atoms with Crippen molar-refractivity contribution in [3.63, 3.8) is 0 Å². The van der Waals surface area contributed by atoms with Gasteiger partial charge in [0, 0.05) is 5.56 Å². The van der Waals surface area contributed by atoms with Gasteiger partial charge in [0.05, 0.1) is 11.6 Å². The Morgan fingerprint density at radius 2 is 2.04 bits per heavy atom. The van der Waals surface area contributed by atoms with E-state index in [2.05, 4.69) is 10.1 Å². The van der Waals surface area contributed by atoms with E-state index in [0.29, 0.717) is 5.65 Å². The van der Waals surface area contributed by atoms with Crippen LogP contribution in [0.25, 0.3) is 16.7 Å². The normalized spacial score (nSPS) is 14.9. The van der Waals surface area contributed by atoms with Gasteiger partial charge < -0.3 is 4.74 Å². The second-order valence-corrected chi connectivity index (χ2v) is 8.00. The van der Waals surface area contributed by atoms with Crippen LogP contribution in [0.3, 0.4) is 0 Å². The van der Waals surface area contributed by atoms with Gasteiger partial charge in [-0.3, -0.25) is 14.2 Å². The van der Waals surface area contributed by atoms with Crippen molar-refractivity contribution >= 4 is 22.6 Å². The third-order valence-corrected chi connectivity index (χ3v) is 4.55. The monoisotopic (exact) mass is 390 g/mol. The zero-order valence-corrected chi connectivity index (χ0v) is 15.8. The van der Waals surface area contributed by atoms with Gasteiger partial charge in [0.2, 0.25) is 0 Å². The van der Waals surface area contributed by atoms with Gasteiger partial charge in [0.1, 0.15) is 23.5 Å². The zero-order valence-electron chi connectivity index (χ0n) is 15.8. The first-order valence-electron chi connectivity index (χ1n) is 9.07. The zero-order chi connectivity index (χ0) is 20.2. The van der Waals surface area contributed by atoms with Crippen LogP contribution in [0.2, 0.25) is 0 Å². The molecule has 0 saturated heterocycles. The number of alkyl halides is 2. The Morgan fingerprint density at radius 1 is 1.32 bits per heavy atom. The third kappa shape index (κ3) is 3.25. The summed E-state index contributed by atoms with van der Waals surface area (Å²) in [6.45, 7) is 4.94. The van der Waals surface area contributed by atoms with Gasteiger partial charge in [-0.2, -0.15) is 9.61 Å². The highest BCUT2D eigenvalue weighted by Crippen LogP contribution is 2.42. The third-order valence-electron chi connectivity index (χ3n) is 4.55. The predicted octanol–water partition coefficient (Wildman–Crippen LogP) is 3.20. The van der Waals surface area contributed by atoms with E-state index in [4.69, 9.17) is 4.74 Å². The van der Waals surface area contributed by atoms with Crippen LogP contribution in [0.1, 0.15) is 57.2 Å². The number of esters is 1. The number of hydrogen-bond donors (Lipinski definition) is 0. The van der Waals surface area contributed by atoms with Gasteiger partial charge in [-0.1, -0.05) is 0 Å². The molecule has 0 spiro atoms. The van der Waals surface area contributed by atoms with Crippen molar-refractivity contribution in [2.75, 3.05) is 0 Å². The molecule has 0 unspecified atom stereocenters. The van der Waals surface area contributed by atoms with Crippen LogP contribution < -0.4 is 5.56 Å². The number of rotatable bonds is 4. The maximum absolute atomic E-state index is 13.1. The molecule has 0 radical (unpaired) electrons. The van der Waals surface area contributed by atoms with Gasteiger partial charge >= 0.3 is 5.97 Å². The minimum Gasteiger partial charge on any atom is -0.459 e. The quantitative estimate of drug-likeness (QED) is 0.640. The summed E-state index contributed by atoms with van der Waals surface area (Å²) in [4.78, 5) is 29.5. The standard InChI is InChI=1S/C19H20F2N4O3/c1-19(2,3)28-14(26)9-24-17-12(10-4-5-10)8-22-25(17)16-11(18(24)27)6-7-13(23-16)15(20)21/h6-8,10,15H,4-5,9H2,1-3H3. The lowest BCUT2D eigenvalue weighted by Gasteiger charge is -2.20. The fraction of sp³-hybridized carbons (Fsp3) is 0.474. The Morgan fingerprint density at radius 3 is 2.64 bits per heavy atom. The molecule has 4 rings (SSSR count). The minimum atomic E-state index is -2.76. The summed E-state index contributed by atoms with van der Waals surface area (Å²) in [7, 11) is 0. The molecule has 1 fully saturated rings. The molecule has 0 amide bonds. The first-order valence-corrected chi connectivity index (χ1v) is 9.07. The summed E-state index contributed by atoms with van der Waals surface area (Å²) in [5.41, 5.74) is -0.325. The van der Waals surface area contributed by atoms with Crippen molar-refractivity contribution in [2.45, 2.75) is 58.1 Å². The largest absolute Gasteiger partial charge is 0.459 e. The van der Waals surface area contributed by atoms with Gasteiger partial charge in [-0.05, 0) is 51.7 Å². The van der Waals surface area contributed by atoms with E-state index in [1.54, 1.807) is 27.0 Å². The average Bonchev–Trinajstić information content (AvgIpc) is 3.35. The maximum Gasteiger partial charge on any atom is 0.326 e.